The molecule has 0 aliphatic heterocycles. The van der Waals surface area contributed by atoms with Gasteiger partial charge < -0.3 is 0 Å². The predicted octanol–water partition coefficient (Wildman–Crippen LogP) is 1.44. The van der Waals surface area contributed by atoms with Gasteiger partial charge in [0.25, 0.3) is 0 Å². The summed E-state index contributed by atoms with van der Waals surface area (Å²) in [6.07, 6.45) is 3.52. The van der Waals surface area contributed by atoms with E-state index < -0.39 is 0 Å². The van der Waals surface area contributed by atoms with Crippen molar-refractivity contribution in [3.05, 3.63) is 24.5 Å². The first-order valence-corrected chi connectivity index (χ1v) is 3.29. The second-order valence-corrected chi connectivity index (χ2v) is 2.37. The number of nitriles is 1. The summed E-state index contributed by atoms with van der Waals surface area (Å²) in [5, 5.41) is 12.3. The van der Waals surface area contributed by atoms with Gasteiger partial charge in [-0.05, 0) is 12.5 Å². The van der Waals surface area contributed by atoms with Gasteiger partial charge in [0, 0.05) is 11.8 Å². The molecule has 1 aromatic rings. The summed E-state index contributed by atoms with van der Waals surface area (Å²) >= 11 is 0. The first-order valence-electron chi connectivity index (χ1n) is 3.29. The SMILES string of the molecule is C=C(C)c1cnn(CC#N)c1. The lowest BCUT2D eigenvalue weighted by Gasteiger charge is -1.89. The molecule has 0 aliphatic carbocycles. The minimum Gasteiger partial charge on any atom is -0.258 e. The van der Waals surface area contributed by atoms with Crippen molar-refractivity contribution in [3.63, 3.8) is 0 Å². The van der Waals surface area contributed by atoms with Crippen LogP contribution >= 0.6 is 0 Å². The van der Waals surface area contributed by atoms with Gasteiger partial charge in [0.05, 0.1) is 12.3 Å². The van der Waals surface area contributed by atoms with Gasteiger partial charge >= 0.3 is 0 Å². The molecule has 0 radical (unpaired) electrons. The third-order valence-corrected chi connectivity index (χ3v) is 1.36. The van der Waals surface area contributed by atoms with Crippen LogP contribution in [0.1, 0.15) is 12.5 Å². The van der Waals surface area contributed by atoms with Gasteiger partial charge in [0.15, 0.2) is 0 Å². The van der Waals surface area contributed by atoms with Crippen molar-refractivity contribution in [2.24, 2.45) is 0 Å². The first-order chi connectivity index (χ1) is 5.24. The highest BCUT2D eigenvalue weighted by Gasteiger charge is 1.96. The van der Waals surface area contributed by atoms with E-state index in [1.165, 1.54) is 0 Å². The van der Waals surface area contributed by atoms with Crippen LogP contribution in [0.3, 0.4) is 0 Å². The molecule has 0 bridgehead atoms. The van der Waals surface area contributed by atoms with Crippen LogP contribution in [0.15, 0.2) is 19.0 Å². The molecule has 0 aromatic carbocycles. The number of rotatable bonds is 2. The third kappa shape index (κ3) is 1.68. The third-order valence-electron chi connectivity index (χ3n) is 1.36. The van der Waals surface area contributed by atoms with Crippen LogP contribution in [0.4, 0.5) is 0 Å². The molecule has 0 saturated heterocycles. The van der Waals surface area contributed by atoms with E-state index in [2.05, 4.69) is 11.7 Å². The van der Waals surface area contributed by atoms with Crippen LogP contribution in [0.2, 0.25) is 0 Å². The molecule has 0 saturated carbocycles. The summed E-state index contributed by atoms with van der Waals surface area (Å²) in [5.41, 5.74) is 1.95. The number of aromatic nitrogens is 2. The Morgan fingerprint density at radius 2 is 2.64 bits per heavy atom. The molecule has 1 heterocycles. The summed E-state index contributed by atoms with van der Waals surface area (Å²) in [6, 6.07) is 2.01. The van der Waals surface area contributed by atoms with E-state index >= 15 is 0 Å². The Hall–Kier alpha value is -1.56. The molecule has 11 heavy (non-hydrogen) atoms. The van der Waals surface area contributed by atoms with Crippen molar-refractivity contribution in [3.8, 4) is 6.07 Å². The molecule has 0 unspecified atom stereocenters. The predicted molar refractivity (Wildman–Crippen MR) is 42.5 cm³/mol. The van der Waals surface area contributed by atoms with Gasteiger partial charge in [-0.15, -0.1) is 0 Å². The van der Waals surface area contributed by atoms with E-state index in [9.17, 15) is 0 Å². The molecular weight excluding hydrogens is 138 g/mol. The van der Waals surface area contributed by atoms with Crippen molar-refractivity contribution in [1.29, 1.82) is 5.26 Å². The summed E-state index contributed by atoms with van der Waals surface area (Å²) < 4.78 is 1.59. The largest absolute Gasteiger partial charge is 0.258 e. The topological polar surface area (TPSA) is 41.6 Å². The van der Waals surface area contributed by atoms with E-state index in [4.69, 9.17) is 5.26 Å². The normalized spacial score (nSPS) is 9.09. The van der Waals surface area contributed by atoms with Gasteiger partial charge in [-0.2, -0.15) is 10.4 Å². The Balaban J connectivity index is 2.83. The van der Waals surface area contributed by atoms with Gasteiger partial charge in [-0.3, -0.25) is 4.68 Å². The second kappa shape index (κ2) is 3.02. The maximum Gasteiger partial charge on any atom is 0.128 e. The van der Waals surface area contributed by atoms with Crippen LogP contribution in [0.5, 0.6) is 0 Å². The molecule has 0 aliphatic rings. The van der Waals surface area contributed by atoms with Crippen molar-refractivity contribution < 1.29 is 0 Å². The zero-order valence-corrected chi connectivity index (χ0v) is 6.41. The average Bonchev–Trinajstić information content (AvgIpc) is 2.37. The smallest absolute Gasteiger partial charge is 0.128 e. The molecule has 56 valence electrons. The fourth-order valence-electron chi connectivity index (χ4n) is 0.743. The molecule has 1 aromatic heterocycles. The Morgan fingerprint density at radius 1 is 1.91 bits per heavy atom. The lowest BCUT2D eigenvalue weighted by molar-refractivity contribution is 0.710. The zero-order valence-electron chi connectivity index (χ0n) is 6.41. The number of nitrogens with zero attached hydrogens (tertiary/aromatic N) is 3. The molecule has 3 heteroatoms. The first kappa shape index (κ1) is 7.55. The Kier molecular flexibility index (Phi) is 2.07. The van der Waals surface area contributed by atoms with Gasteiger partial charge in [-0.1, -0.05) is 6.58 Å². The second-order valence-electron chi connectivity index (χ2n) is 2.37. The Bertz CT molecular complexity index is 303. The zero-order chi connectivity index (χ0) is 8.27. The van der Waals surface area contributed by atoms with E-state index in [1.807, 2.05) is 19.2 Å². The fraction of sp³-hybridized carbons (Fsp3) is 0.250. The van der Waals surface area contributed by atoms with E-state index in [1.54, 1.807) is 10.9 Å². The van der Waals surface area contributed by atoms with E-state index in [0.29, 0.717) is 6.54 Å². The van der Waals surface area contributed by atoms with Gasteiger partial charge in [-0.25, -0.2) is 0 Å². The summed E-state index contributed by atoms with van der Waals surface area (Å²) in [6.45, 7) is 5.97. The molecule has 1 rings (SSSR count). The highest BCUT2D eigenvalue weighted by Crippen LogP contribution is 2.08. The number of hydrogen-bond acceptors (Lipinski definition) is 2. The minimum absolute atomic E-state index is 0.299. The highest BCUT2D eigenvalue weighted by molar-refractivity contribution is 5.59. The fourth-order valence-corrected chi connectivity index (χ4v) is 0.743. The molecule has 0 fully saturated rings. The lowest BCUT2D eigenvalue weighted by Crippen LogP contribution is -1.94. The van der Waals surface area contributed by atoms with Crippen molar-refractivity contribution in [1.82, 2.24) is 9.78 Å². The molecule has 0 atom stereocenters. The molecule has 3 nitrogen and oxygen atoms in total. The lowest BCUT2D eigenvalue weighted by atomic mass is 10.2. The quantitative estimate of drug-likeness (QED) is 0.635. The van der Waals surface area contributed by atoms with Crippen molar-refractivity contribution in [2.45, 2.75) is 13.5 Å². The van der Waals surface area contributed by atoms with Crippen LogP contribution in [0.25, 0.3) is 5.57 Å². The standard InChI is InChI=1S/C8H9N3/c1-7(2)8-5-10-11(6-8)4-3-9/h5-6H,1,4H2,2H3. The monoisotopic (exact) mass is 147 g/mol. The molecule has 0 spiro atoms. The van der Waals surface area contributed by atoms with Crippen LogP contribution in [-0.4, -0.2) is 9.78 Å². The van der Waals surface area contributed by atoms with Gasteiger partial charge in [0.1, 0.15) is 6.54 Å². The maximum absolute atomic E-state index is 8.33. The van der Waals surface area contributed by atoms with Crippen LogP contribution < -0.4 is 0 Å². The minimum atomic E-state index is 0.299. The molecular formula is C8H9N3. The maximum atomic E-state index is 8.33. The van der Waals surface area contributed by atoms with Gasteiger partial charge in [0.2, 0.25) is 0 Å². The van der Waals surface area contributed by atoms with Crippen LogP contribution in [-0.2, 0) is 6.54 Å². The Labute approximate surface area is 65.6 Å². The van der Waals surface area contributed by atoms with Crippen molar-refractivity contribution >= 4 is 5.57 Å². The number of hydrogen-bond donors (Lipinski definition) is 0. The van der Waals surface area contributed by atoms with E-state index in [-0.39, 0.29) is 0 Å². The average molecular weight is 147 g/mol. The molecule has 0 N–H and O–H groups in total. The highest BCUT2D eigenvalue weighted by atomic mass is 15.3. The van der Waals surface area contributed by atoms with E-state index in [0.717, 1.165) is 11.1 Å². The summed E-state index contributed by atoms with van der Waals surface area (Å²) in [4.78, 5) is 0. The summed E-state index contributed by atoms with van der Waals surface area (Å²) in [5.74, 6) is 0. The number of allylic oxidation sites excluding steroid dienone is 1. The van der Waals surface area contributed by atoms with Crippen LogP contribution in [0, 0.1) is 11.3 Å². The van der Waals surface area contributed by atoms with Crippen molar-refractivity contribution in [2.75, 3.05) is 0 Å². The molecule has 0 amide bonds. The Morgan fingerprint density at radius 3 is 3.09 bits per heavy atom. The summed E-state index contributed by atoms with van der Waals surface area (Å²) in [7, 11) is 0.